The van der Waals surface area contributed by atoms with E-state index in [1.165, 1.54) is 16.9 Å². The molecule has 2 aromatic heterocycles. The van der Waals surface area contributed by atoms with E-state index in [9.17, 15) is 9.59 Å². The van der Waals surface area contributed by atoms with Crippen LogP contribution in [0.2, 0.25) is 0 Å². The van der Waals surface area contributed by atoms with Crippen LogP contribution >= 0.6 is 11.3 Å². The van der Waals surface area contributed by atoms with Crippen molar-refractivity contribution in [3.63, 3.8) is 0 Å². The van der Waals surface area contributed by atoms with Crippen molar-refractivity contribution in [1.29, 1.82) is 0 Å². The summed E-state index contributed by atoms with van der Waals surface area (Å²) in [6.07, 6.45) is 9.48. The van der Waals surface area contributed by atoms with Gasteiger partial charge in [-0.15, -0.1) is 0 Å². The molecule has 3 aromatic rings. The first kappa shape index (κ1) is 21.3. The molecule has 3 amide bonds. The molecule has 1 aliphatic heterocycles. The maximum absolute atomic E-state index is 12.7. The summed E-state index contributed by atoms with van der Waals surface area (Å²) in [5.41, 5.74) is 3.89. The maximum atomic E-state index is 12.7. The molecule has 2 fully saturated rings. The van der Waals surface area contributed by atoms with E-state index in [1.54, 1.807) is 12.4 Å². The number of nitrogens with one attached hydrogen (secondary N) is 2. The molecule has 1 aromatic carbocycles. The Morgan fingerprint density at radius 1 is 1.03 bits per heavy atom. The molecule has 8 heteroatoms. The average molecular weight is 460 g/mol. The Morgan fingerprint density at radius 2 is 1.82 bits per heavy atom. The Balaban J connectivity index is 1.15. The lowest BCUT2D eigenvalue weighted by molar-refractivity contribution is 0.0951. The predicted molar refractivity (Wildman–Crippen MR) is 130 cm³/mol. The molecule has 5 rings (SSSR count). The van der Waals surface area contributed by atoms with Gasteiger partial charge in [-0.3, -0.25) is 15.1 Å². The number of amides is 3. The maximum Gasteiger partial charge on any atom is 0.323 e. The van der Waals surface area contributed by atoms with Gasteiger partial charge in [-0.25, -0.2) is 9.78 Å². The first-order chi connectivity index (χ1) is 16.1. The molecule has 0 bridgehead atoms. The topological polar surface area (TPSA) is 87.2 Å². The first-order valence-corrected chi connectivity index (χ1v) is 12.0. The molecule has 1 saturated heterocycles. The van der Waals surface area contributed by atoms with E-state index in [1.807, 2.05) is 47.4 Å². The van der Waals surface area contributed by atoms with Gasteiger partial charge in [0.05, 0.1) is 10.6 Å². The minimum Gasteiger partial charge on any atom is -0.349 e. The number of aromatic nitrogens is 2. The van der Waals surface area contributed by atoms with Gasteiger partial charge in [-0.2, -0.15) is 0 Å². The highest BCUT2D eigenvalue weighted by Crippen LogP contribution is 2.30. The highest BCUT2D eigenvalue weighted by atomic mass is 32.1. The van der Waals surface area contributed by atoms with E-state index in [4.69, 9.17) is 0 Å². The van der Waals surface area contributed by atoms with E-state index >= 15 is 0 Å². The lowest BCUT2D eigenvalue weighted by Gasteiger charge is -2.28. The van der Waals surface area contributed by atoms with Gasteiger partial charge < -0.3 is 10.2 Å². The van der Waals surface area contributed by atoms with E-state index in [2.05, 4.69) is 26.7 Å². The fourth-order valence-electron chi connectivity index (χ4n) is 3.73. The van der Waals surface area contributed by atoms with E-state index in [0.717, 1.165) is 41.8 Å². The van der Waals surface area contributed by atoms with Crippen molar-refractivity contribution in [3.05, 3.63) is 71.7 Å². The number of likely N-dealkylation sites (tertiary alicyclic amines) is 1. The molecule has 0 atom stereocenters. The molecule has 1 saturated carbocycles. The van der Waals surface area contributed by atoms with Crippen molar-refractivity contribution < 1.29 is 9.59 Å². The fourth-order valence-corrected chi connectivity index (χ4v) is 4.54. The zero-order chi connectivity index (χ0) is 22.6. The minimum absolute atomic E-state index is 0.0270. The molecular formula is C25H25N5O2S. The molecule has 2 aliphatic rings. The number of rotatable bonds is 5. The van der Waals surface area contributed by atoms with Gasteiger partial charge >= 0.3 is 6.03 Å². The third kappa shape index (κ3) is 5.46. The monoisotopic (exact) mass is 459 g/mol. The summed E-state index contributed by atoms with van der Waals surface area (Å²) in [7, 11) is 0. The van der Waals surface area contributed by atoms with Crippen LogP contribution in [0.25, 0.3) is 16.5 Å². The quantitative estimate of drug-likeness (QED) is 0.573. The van der Waals surface area contributed by atoms with Crippen molar-refractivity contribution in [3.8, 4) is 10.4 Å². The summed E-state index contributed by atoms with van der Waals surface area (Å²) in [4.78, 5) is 36.3. The van der Waals surface area contributed by atoms with Crippen LogP contribution in [-0.2, 0) is 0 Å². The van der Waals surface area contributed by atoms with E-state index in [-0.39, 0.29) is 11.9 Å². The number of hydrogen-bond donors (Lipinski definition) is 2. The number of nitrogens with zero attached hydrogens (tertiary/aromatic N) is 3. The second-order valence-electron chi connectivity index (χ2n) is 8.33. The molecule has 3 heterocycles. The molecule has 2 N–H and O–H groups in total. The summed E-state index contributed by atoms with van der Waals surface area (Å²) in [5, 5.41) is 6.49. The third-order valence-corrected chi connectivity index (χ3v) is 6.76. The van der Waals surface area contributed by atoms with Crippen LogP contribution in [0.5, 0.6) is 0 Å². The molecule has 0 spiro atoms. The number of piperidine rings is 1. The number of benzene rings is 1. The summed E-state index contributed by atoms with van der Waals surface area (Å²) in [6.45, 7) is 1.35. The Hall–Kier alpha value is -3.52. The van der Waals surface area contributed by atoms with Gasteiger partial charge in [-0.1, -0.05) is 35.1 Å². The smallest absolute Gasteiger partial charge is 0.323 e. The number of urea groups is 1. The van der Waals surface area contributed by atoms with Crippen LogP contribution in [0.15, 0.2) is 60.4 Å². The Bertz CT molecular complexity index is 1160. The van der Waals surface area contributed by atoms with Crippen molar-refractivity contribution in [2.24, 2.45) is 0 Å². The third-order valence-electron chi connectivity index (χ3n) is 5.80. The molecule has 168 valence electrons. The lowest BCUT2D eigenvalue weighted by atomic mass is 10.0. The molecule has 7 nitrogen and oxygen atoms in total. The minimum atomic E-state index is -0.125. The molecule has 0 unspecified atom stereocenters. The van der Waals surface area contributed by atoms with E-state index < -0.39 is 0 Å². The highest BCUT2D eigenvalue weighted by Gasteiger charge is 2.24. The van der Waals surface area contributed by atoms with Crippen LogP contribution < -0.4 is 10.6 Å². The zero-order valence-corrected chi connectivity index (χ0v) is 19.0. The number of anilines is 1. The SMILES string of the molecule is O=C(NC1CC1)c1ccc(-c2cnc(NC(=O)N3CCC(=Cc4ccccn4)CC3)s2)cc1. The number of hydrogen-bond acceptors (Lipinski definition) is 5. The number of carbonyl (C=O) groups excluding carboxylic acids is 2. The van der Waals surface area contributed by atoms with Crippen LogP contribution in [0.3, 0.4) is 0 Å². The van der Waals surface area contributed by atoms with Crippen LogP contribution in [0, 0.1) is 0 Å². The van der Waals surface area contributed by atoms with Gasteiger partial charge in [0, 0.05) is 37.1 Å². The van der Waals surface area contributed by atoms with Crippen molar-refractivity contribution in [2.45, 2.75) is 31.7 Å². The summed E-state index contributed by atoms with van der Waals surface area (Å²) in [6, 6.07) is 13.6. The largest absolute Gasteiger partial charge is 0.349 e. The van der Waals surface area contributed by atoms with Crippen molar-refractivity contribution >= 4 is 34.5 Å². The second kappa shape index (κ2) is 9.54. The van der Waals surface area contributed by atoms with E-state index in [0.29, 0.717) is 29.8 Å². The fraction of sp³-hybridized carbons (Fsp3) is 0.280. The Kier molecular flexibility index (Phi) is 6.17. The normalized spacial score (nSPS) is 15.8. The van der Waals surface area contributed by atoms with Gasteiger partial charge in [0.1, 0.15) is 0 Å². The summed E-state index contributed by atoms with van der Waals surface area (Å²) in [5.74, 6) is -0.0270. The number of pyridine rings is 1. The number of thiazole rings is 1. The van der Waals surface area contributed by atoms with Crippen molar-refractivity contribution in [2.75, 3.05) is 18.4 Å². The molecule has 33 heavy (non-hydrogen) atoms. The molecule has 0 radical (unpaired) electrons. The van der Waals surface area contributed by atoms with Gasteiger partial charge in [0.15, 0.2) is 5.13 Å². The van der Waals surface area contributed by atoms with Gasteiger partial charge in [0.2, 0.25) is 0 Å². The highest BCUT2D eigenvalue weighted by molar-refractivity contribution is 7.19. The zero-order valence-electron chi connectivity index (χ0n) is 18.2. The van der Waals surface area contributed by atoms with Crippen LogP contribution in [0.4, 0.5) is 9.93 Å². The van der Waals surface area contributed by atoms with Crippen molar-refractivity contribution in [1.82, 2.24) is 20.2 Å². The van der Waals surface area contributed by atoms with Crippen LogP contribution in [0.1, 0.15) is 41.7 Å². The first-order valence-electron chi connectivity index (χ1n) is 11.2. The second-order valence-corrected chi connectivity index (χ2v) is 9.36. The lowest BCUT2D eigenvalue weighted by Crippen LogP contribution is -2.39. The Labute approximate surface area is 196 Å². The summed E-state index contributed by atoms with van der Waals surface area (Å²) < 4.78 is 0. The Morgan fingerprint density at radius 3 is 2.52 bits per heavy atom. The van der Waals surface area contributed by atoms with Gasteiger partial charge in [-0.05, 0) is 61.6 Å². The van der Waals surface area contributed by atoms with Gasteiger partial charge in [0.25, 0.3) is 5.91 Å². The molecular weight excluding hydrogens is 434 g/mol. The summed E-state index contributed by atoms with van der Waals surface area (Å²) >= 11 is 1.43. The average Bonchev–Trinajstić information content (AvgIpc) is 3.54. The molecule has 1 aliphatic carbocycles. The standard InChI is InChI=1S/C25H25N5O2S/c31-23(28-20-8-9-20)19-6-4-18(5-7-19)22-16-27-24(33-22)29-25(32)30-13-10-17(11-14-30)15-21-3-1-2-12-26-21/h1-7,12,15-16,20H,8-11,13-14H2,(H,28,31)(H,27,29,32). The van der Waals surface area contributed by atoms with Crippen LogP contribution in [-0.4, -0.2) is 45.9 Å². The number of carbonyl (C=O) groups is 2. The predicted octanol–water partition coefficient (Wildman–Crippen LogP) is 4.81.